The van der Waals surface area contributed by atoms with E-state index in [0.717, 1.165) is 32.1 Å². The van der Waals surface area contributed by atoms with E-state index in [9.17, 15) is 14.4 Å². The summed E-state index contributed by atoms with van der Waals surface area (Å²) in [6.45, 7) is 6.36. The van der Waals surface area contributed by atoms with Crippen LogP contribution in [0.3, 0.4) is 0 Å². The number of nitrogens with one attached hydrogen (secondary N) is 1. The van der Waals surface area contributed by atoms with E-state index in [-0.39, 0.29) is 43.0 Å². The smallest absolute Gasteiger partial charge is 0.411 e. The highest BCUT2D eigenvalue weighted by Gasteiger charge is 2.32. The molecule has 40 heavy (non-hydrogen) atoms. The van der Waals surface area contributed by atoms with Gasteiger partial charge in [0.1, 0.15) is 13.2 Å². The van der Waals surface area contributed by atoms with E-state index < -0.39 is 15.9 Å². The van der Waals surface area contributed by atoms with Crippen molar-refractivity contribution in [2.45, 2.75) is 55.3 Å². The van der Waals surface area contributed by atoms with E-state index in [4.69, 9.17) is 58.5 Å². The van der Waals surface area contributed by atoms with Gasteiger partial charge in [0, 0.05) is 26.1 Å². The zero-order valence-corrected chi connectivity index (χ0v) is 25.1. The number of carbonyl (C=O) groups is 3. The third kappa shape index (κ3) is 12.0. The van der Waals surface area contributed by atoms with Crippen molar-refractivity contribution in [3.63, 3.8) is 0 Å². The van der Waals surface area contributed by atoms with Crippen LogP contribution < -0.4 is 14.8 Å². The van der Waals surface area contributed by atoms with Crippen molar-refractivity contribution in [1.82, 2.24) is 4.90 Å². The number of anilines is 1. The average molecular weight is 624 g/mol. The maximum atomic E-state index is 13.6. The second kappa shape index (κ2) is 17.4. The van der Waals surface area contributed by atoms with Crippen LogP contribution in [0.5, 0.6) is 11.5 Å². The van der Waals surface area contributed by atoms with Gasteiger partial charge in [-0.2, -0.15) is 0 Å². The lowest BCUT2D eigenvalue weighted by Gasteiger charge is -2.26. The number of esters is 1. The molecule has 0 spiro atoms. The summed E-state index contributed by atoms with van der Waals surface area (Å²) in [6.07, 6.45) is 5.50. The molecule has 0 aliphatic carbocycles. The Morgan fingerprint density at radius 3 is 2.48 bits per heavy atom. The number of nitrogens with zero attached hydrogens (tertiary/aromatic N) is 1. The second-order valence-electron chi connectivity index (χ2n) is 9.09. The maximum absolute atomic E-state index is 13.6. The van der Waals surface area contributed by atoms with Crippen LogP contribution in [-0.4, -0.2) is 79.4 Å². The summed E-state index contributed by atoms with van der Waals surface area (Å²) in [5.41, 5.74) is 0.406. The molecule has 10 nitrogen and oxygen atoms in total. The van der Waals surface area contributed by atoms with Gasteiger partial charge < -0.3 is 28.6 Å². The number of ether oxygens (including phenoxy) is 5. The Labute approximate surface area is 250 Å². The Hall–Kier alpha value is -2.40. The zero-order chi connectivity index (χ0) is 29.5. The molecule has 1 heterocycles. The summed E-state index contributed by atoms with van der Waals surface area (Å²) < 4.78 is 25.6. The number of alkyl halides is 3. The predicted molar refractivity (Wildman–Crippen MR) is 154 cm³/mol. The number of hydrogen-bond acceptors (Lipinski definition) is 8. The number of carbonyl (C=O) groups excluding carboxylic acids is 3. The quantitative estimate of drug-likeness (QED) is 0.104. The minimum atomic E-state index is -1.41. The van der Waals surface area contributed by atoms with Crippen LogP contribution in [0, 0.1) is 0 Å². The highest BCUT2D eigenvalue weighted by Crippen LogP contribution is 2.36. The molecule has 1 N–H and O–H groups in total. The van der Waals surface area contributed by atoms with Gasteiger partial charge in [-0.05, 0) is 38.2 Å². The zero-order valence-electron chi connectivity index (χ0n) is 22.8. The van der Waals surface area contributed by atoms with Crippen LogP contribution in [0.25, 0.3) is 0 Å². The highest BCUT2D eigenvalue weighted by molar-refractivity contribution is 6.67. The summed E-state index contributed by atoms with van der Waals surface area (Å²) in [6, 6.07) is 2.80. The fourth-order valence-electron chi connectivity index (χ4n) is 4.07. The molecule has 13 heteroatoms. The van der Waals surface area contributed by atoms with Crippen molar-refractivity contribution in [2.75, 3.05) is 52.0 Å². The van der Waals surface area contributed by atoms with E-state index in [1.807, 2.05) is 0 Å². The first-order valence-electron chi connectivity index (χ1n) is 13.0. The van der Waals surface area contributed by atoms with Gasteiger partial charge >= 0.3 is 12.1 Å². The van der Waals surface area contributed by atoms with Gasteiger partial charge in [-0.15, -0.1) is 0 Å². The van der Waals surface area contributed by atoms with Gasteiger partial charge in [0.05, 0.1) is 37.6 Å². The van der Waals surface area contributed by atoms with Crippen molar-refractivity contribution in [2.24, 2.45) is 0 Å². The Kier molecular flexibility index (Phi) is 14.7. The fourth-order valence-corrected chi connectivity index (χ4v) is 4.30. The lowest BCUT2D eigenvalue weighted by Crippen LogP contribution is -2.39. The van der Waals surface area contributed by atoms with Crippen molar-refractivity contribution < 1.29 is 38.1 Å². The molecule has 0 radical (unpaired) electrons. The molecule has 0 saturated carbocycles. The molecule has 1 fully saturated rings. The normalized spacial score (nSPS) is 14.9. The first-order chi connectivity index (χ1) is 19.1. The molecule has 0 bridgehead atoms. The predicted octanol–water partition coefficient (Wildman–Crippen LogP) is 5.92. The number of rotatable bonds is 16. The third-order valence-electron chi connectivity index (χ3n) is 5.93. The first kappa shape index (κ1) is 33.8. The van der Waals surface area contributed by atoms with E-state index in [0.29, 0.717) is 37.7 Å². The van der Waals surface area contributed by atoms with Crippen molar-refractivity contribution in [3.05, 3.63) is 30.4 Å². The van der Waals surface area contributed by atoms with Crippen LogP contribution in [0.1, 0.15) is 55.8 Å². The van der Waals surface area contributed by atoms with E-state index in [1.54, 1.807) is 11.0 Å². The summed E-state index contributed by atoms with van der Waals surface area (Å²) in [4.78, 5) is 38.9. The van der Waals surface area contributed by atoms with Gasteiger partial charge in [-0.25, -0.2) is 4.79 Å². The fraction of sp³-hybridized carbons (Fsp3) is 0.593. The van der Waals surface area contributed by atoms with Crippen LogP contribution in [0.15, 0.2) is 24.8 Å². The Bertz CT molecular complexity index is 1000. The summed E-state index contributed by atoms with van der Waals surface area (Å²) in [5.74, 6) is -0.0511. The molecular weight excluding hydrogens is 587 g/mol. The van der Waals surface area contributed by atoms with Gasteiger partial charge in [0.25, 0.3) is 5.91 Å². The number of hydrogen-bond donors (Lipinski definition) is 1. The number of unbranched alkanes of at least 4 members (excludes halogenated alkanes) is 3. The first-order valence-corrected chi connectivity index (χ1v) is 14.2. The molecule has 1 aliphatic heterocycles. The summed E-state index contributed by atoms with van der Waals surface area (Å²) >= 11 is 17.0. The summed E-state index contributed by atoms with van der Waals surface area (Å²) in [5, 5.41) is 2.63. The van der Waals surface area contributed by atoms with E-state index in [2.05, 4.69) is 11.9 Å². The molecule has 1 atom stereocenters. The number of methoxy groups -OCH3 is 1. The minimum Gasteiger partial charge on any atom is -0.493 e. The van der Waals surface area contributed by atoms with Crippen molar-refractivity contribution >= 4 is 58.5 Å². The maximum Gasteiger partial charge on any atom is 0.411 e. The number of halogens is 3. The molecule has 1 unspecified atom stereocenters. The molecule has 1 aromatic carbocycles. The van der Waals surface area contributed by atoms with Crippen LogP contribution in [0.4, 0.5) is 10.5 Å². The van der Waals surface area contributed by atoms with Gasteiger partial charge in [0.2, 0.25) is 3.79 Å². The third-order valence-corrected chi connectivity index (χ3v) is 6.25. The Morgan fingerprint density at radius 2 is 1.82 bits per heavy atom. The molecule has 1 aliphatic rings. The van der Waals surface area contributed by atoms with E-state index >= 15 is 0 Å². The molecular formula is C27H37Cl3N2O8. The lowest BCUT2D eigenvalue weighted by molar-refractivity contribution is -0.142. The van der Waals surface area contributed by atoms with Crippen LogP contribution in [-0.2, 0) is 19.0 Å². The number of likely N-dealkylation sites (tertiary alicyclic amines) is 1. The standard InChI is InChI=1S/C27H37Cl3N2O8/c1-4-12-39-26(35)31-22-16-24(38-14-8-6-5-7-13-37-18-27(28,29)30)23(36-3)15-21(22)25(34)32-11-9-10-20(32)17-40-19(2)33/h4,15-16,20H,1,5-14,17-18H2,2-3H3,(H,31,35). The van der Waals surface area contributed by atoms with Gasteiger partial charge in [-0.3, -0.25) is 14.9 Å². The lowest BCUT2D eigenvalue weighted by atomic mass is 10.1. The highest BCUT2D eigenvalue weighted by atomic mass is 35.6. The number of amides is 2. The second-order valence-corrected chi connectivity index (χ2v) is 11.6. The molecule has 2 amide bonds. The molecule has 2 rings (SSSR count). The van der Waals surface area contributed by atoms with Crippen LogP contribution >= 0.6 is 34.8 Å². The molecule has 1 aromatic rings. The minimum absolute atomic E-state index is 0.000745. The average Bonchev–Trinajstić information content (AvgIpc) is 3.37. The van der Waals surface area contributed by atoms with Gasteiger partial charge in [0.15, 0.2) is 11.5 Å². The monoisotopic (exact) mass is 622 g/mol. The van der Waals surface area contributed by atoms with Gasteiger partial charge in [-0.1, -0.05) is 53.9 Å². The molecule has 1 saturated heterocycles. The van der Waals surface area contributed by atoms with E-state index in [1.165, 1.54) is 26.2 Å². The largest absolute Gasteiger partial charge is 0.493 e. The molecule has 224 valence electrons. The topological polar surface area (TPSA) is 113 Å². The summed E-state index contributed by atoms with van der Waals surface area (Å²) in [7, 11) is 1.47. The van der Waals surface area contributed by atoms with Crippen molar-refractivity contribution in [3.8, 4) is 11.5 Å². The Balaban J connectivity index is 2.09. The molecule has 0 aromatic heterocycles. The van der Waals surface area contributed by atoms with Crippen LogP contribution in [0.2, 0.25) is 0 Å². The Morgan fingerprint density at radius 1 is 1.10 bits per heavy atom. The van der Waals surface area contributed by atoms with Crippen molar-refractivity contribution in [1.29, 1.82) is 0 Å². The number of benzene rings is 1. The SMILES string of the molecule is C=CCOC(=O)Nc1cc(OCCCCCCOCC(Cl)(Cl)Cl)c(OC)cc1C(=O)N1CCCC1COC(C)=O.